The fourth-order valence-corrected chi connectivity index (χ4v) is 3.51. The molecular weight excluding hydrogens is 529 g/mol. The van der Waals surface area contributed by atoms with E-state index in [1.54, 1.807) is 26.8 Å². The Morgan fingerprint density at radius 3 is 2.50 bits per heavy atom. The van der Waals surface area contributed by atoms with Crippen molar-refractivity contribution in [3.63, 3.8) is 0 Å². The van der Waals surface area contributed by atoms with E-state index < -0.39 is 35.4 Å². The smallest absolute Gasteiger partial charge is 0.421 e. The molecule has 0 saturated carbocycles. The molecule has 3 aromatic rings. The molecule has 12 heteroatoms. The Kier molecular flexibility index (Phi) is 10.3. The van der Waals surface area contributed by atoms with Gasteiger partial charge in [0.25, 0.3) is 5.89 Å². The predicted octanol–water partition coefficient (Wildman–Crippen LogP) is 7.51. The fraction of sp³-hybridized carbons (Fsp3) is 0.429. The Balaban J connectivity index is 0.00000216. The van der Waals surface area contributed by atoms with Crippen molar-refractivity contribution in [2.45, 2.75) is 71.9 Å². The molecule has 1 unspecified atom stereocenters. The maximum atomic E-state index is 13.9. The molecular formula is C28H33F3N4O5. The third-order valence-corrected chi connectivity index (χ3v) is 5.18. The van der Waals surface area contributed by atoms with Crippen molar-refractivity contribution in [1.82, 2.24) is 15.2 Å². The molecule has 40 heavy (non-hydrogen) atoms. The molecule has 0 radical (unpaired) electrons. The lowest BCUT2D eigenvalue weighted by molar-refractivity contribution is -0.139. The highest BCUT2D eigenvalue weighted by atomic mass is 19.4. The van der Waals surface area contributed by atoms with Crippen molar-refractivity contribution >= 4 is 11.8 Å². The molecule has 2 aromatic heterocycles. The lowest BCUT2D eigenvalue weighted by Gasteiger charge is -2.21. The van der Waals surface area contributed by atoms with Gasteiger partial charge in [-0.05, 0) is 38.8 Å². The second kappa shape index (κ2) is 13.4. The summed E-state index contributed by atoms with van der Waals surface area (Å²) in [4.78, 5) is 16.5. The Morgan fingerprint density at radius 1 is 1.10 bits per heavy atom. The van der Waals surface area contributed by atoms with Gasteiger partial charge >= 0.3 is 12.3 Å². The number of fused-ring (bicyclic) bond motifs is 5. The average Bonchev–Trinajstić information content (AvgIpc) is 3.38. The molecule has 4 bridgehead atoms. The number of benzene rings is 1. The van der Waals surface area contributed by atoms with Crippen LogP contribution in [0.25, 0.3) is 11.6 Å². The van der Waals surface area contributed by atoms with Gasteiger partial charge in [0.1, 0.15) is 17.3 Å². The van der Waals surface area contributed by atoms with Crippen molar-refractivity contribution in [3.8, 4) is 17.5 Å². The number of halogens is 3. The first-order valence-electron chi connectivity index (χ1n) is 12.9. The molecule has 1 atom stereocenters. The van der Waals surface area contributed by atoms with Gasteiger partial charge in [-0.25, -0.2) is 9.78 Å². The summed E-state index contributed by atoms with van der Waals surface area (Å²) in [6.07, 6.45) is -2.16. The van der Waals surface area contributed by atoms with Gasteiger partial charge in [-0.15, -0.1) is 10.2 Å². The van der Waals surface area contributed by atoms with Crippen LogP contribution in [0.15, 0.2) is 53.0 Å². The number of alkyl halides is 3. The molecule has 0 fully saturated rings. The molecule has 4 rings (SSSR count). The molecule has 0 saturated heterocycles. The first-order valence-corrected chi connectivity index (χ1v) is 12.9. The highest BCUT2D eigenvalue weighted by Gasteiger charge is 2.38. The number of carbonyl (C=O) groups excluding carboxylic acids is 1. The highest BCUT2D eigenvalue weighted by Crippen LogP contribution is 2.40. The molecule has 1 aliphatic heterocycles. The van der Waals surface area contributed by atoms with Crippen molar-refractivity contribution < 1.29 is 36.6 Å². The van der Waals surface area contributed by atoms with Crippen molar-refractivity contribution in [3.05, 3.63) is 65.6 Å². The summed E-state index contributed by atoms with van der Waals surface area (Å²) in [5.74, 6) is -0.792. The lowest BCUT2D eigenvalue weighted by Crippen LogP contribution is -2.27. The molecule has 0 spiro atoms. The Bertz CT molecular complexity index is 1290. The summed E-state index contributed by atoms with van der Waals surface area (Å²) in [5, 5.41) is 10.4. The van der Waals surface area contributed by atoms with E-state index in [4.69, 9.17) is 18.6 Å². The van der Waals surface area contributed by atoms with Gasteiger partial charge in [0.15, 0.2) is 5.69 Å². The van der Waals surface area contributed by atoms with Gasteiger partial charge in [0.2, 0.25) is 11.8 Å². The van der Waals surface area contributed by atoms with Gasteiger partial charge in [0.05, 0.1) is 18.9 Å². The first-order chi connectivity index (χ1) is 19.0. The number of aromatic nitrogens is 3. The zero-order chi connectivity index (χ0) is 29.3. The number of hydrogen-bond donors (Lipinski definition) is 1. The molecule has 0 aliphatic carbocycles. The molecule has 9 nitrogen and oxygen atoms in total. The average molecular weight is 563 g/mol. The number of anilines is 1. The molecule has 1 amide bonds. The van der Waals surface area contributed by atoms with Crippen LogP contribution < -0.4 is 10.1 Å². The summed E-state index contributed by atoms with van der Waals surface area (Å²) in [7, 11) is 0. The molecule has 3 heterocycles. The quantitative estimate of drug-likeness (QED) is 0.326. The summed E-state index contributed by atoms with van der Waals surface area (Å²) in [5.41, 5.74) is -1.66. The largest absolute Gasteiger partial charge is 0.477 e. The number of nitrogens with zero attached hydrogens (tertiary/aromatic N) is 3. The van der Waals surface area contributed by atoms with E-state index in [0.717, 1.165) is 5.56 Å². The number of hydrogen-bond acceptors (Lipinski definition) is 8. The van der Waals surface area contributed by atoms with E-state index in [2.05, 4.69) is 20.5 Å². The SMILES string of the molecule is CC.CC(C)(C)OC(=O)Nc1cc(C(F)(F)F)c2nc1-c1nnc(o1)C(OCc1ccccc1)C/C=C/CCO2. The van der Waals surface area contributed by atoms with Crippen molar-refractivity contribution in [2.75, 3.05) is 11.9 Å². The summed E-state index contributed by atoms with van der Waals surface area (Å²) >= 11 is 0. The van der Waals surface area contributed by atoms with Gasteiger partial charge in [-0.2, -0.15) is 13.2 Å². The fourth-order valence-electron chi connectivity index (χ4n) is 3.51. The van der Waals surface area contributed by atoms with Crippen molar-refractivity contribution in [1.29, 1.82) is 0 Å². The predicted molar refractivity (Wildman–Crippen MR) is 142 cm³/mol. The van der Waals surface area contributed by atoms with E-state index in [1.165, 1.54) is 0 Å². The van der Waals surface area contributed by atoms with Crippen LogP contribution in [0.2, 0.25) is 0 Å². The summed E-state index contributed by atoms with van der Waals surface area (Å²) in [6.45, 7) is 9.08. The third-order valence-electron chi connectivity index (χ3n) is 5.18. The van der Waals surface area contributed by atoms with Gasteiger partial charge < -0.3 is 18.6 Å². The third kappa shape index (κ3) is 8.54. The normalized spacial score (nSPS) is 16.1. The van der Waals surface area contributed by atoms with Crippen LogP contribution in [0.5, 0.6) is 5.88 Å². The van der Waals surface area contributed by atoms with E-state index in [9.17, 15) is 18.0 Å². The second-order valence-electron chi connectivity index (χ2n) is 9.44. The minimum atomic E-state index is -4.81. The van der Waals surface area contributed by atoms with Gasteiger partial charge in [0, 0.05) is 6.42 Å². The highest BCUT2D eigenvalue weighted by molar-refractivity contribution is 5.89. The van der Waals surface area contributed by atoms with E-state index in [1.807, 2.05) is 50.3 Å². The Morgan fingerprint density at radius 2 is 1.82 bits per heavy atom. The van der Waals surface area contributed by atoms with E-state index >= 15 is 0 Å². The standard InChI is InChI=1S/C26H27F3N4O5.C2H6/c1-25(2,3)38-24(34)30-18-14-17(26(27,28)29)21-31-20(18)23-33-32-22(37-23)19(12-8-5-9-13-35-21)36-15-16-10-6-4-7-11-16;1-2/h4-8,10-11,14,19H,9,12-13,15H2,1-3H3,(H,30,34);1-2H3/b8-5+;. The van der Waals surface area contributed by atoms with Crippen LogP contribution in [-0.4, -0.2) is 33.5 Å². The van der Waals surface area contributed by atoms with Gasteiger partial charge in [-0.1, -0.05) is 56.3 Å². The molecule has 1 N–H and O–H groups in total. The minimum absolute atomic E-state index is 0.0608. The summed E-state index contributed by atoms with van der Waals surface area (Å²) in [6, 6.07) is 10.2. The number of rotatable bonds is 4. The monoisotopic (exact) mass is 562 g/mol. The number of nitrogens with one attached hydrogen (secondary N) is 1. The minimum Gasteiger partial charge on any atom is -0.477 e. The van der Waals surface area contributed by atoms with Crippen LogP contribution in [0.4, 0.5) is 23.7 Å². The maximum absolute atomic E-state index is 13.9. The maximum Gasteiger partial charge on any atom is 0.421 e. The van der Waals surface area contributed by atoms with E-state index in [-0.39, 0.29) is 36.4 Å². The Labute approximate surface area is 230 Å². The second-order valence-corrected chi connectivity index (χ2v) is 9.44. The number of ether oxygens (including phenoxy) is 3. The van der Waals surface area contributed by atoms with Crippen molar-refractivity contribution in [2.24, 2.45) is 0 Å². The number of carbonyl (C=O) groups is 1. The van der Waals surface area contributed by atoms with Crippen LogP contribution >= 0.6 is 0 Å². The summed E-state index contributed by atoms with van der Waals surface area (Å²) < 4.78 is 64.1. The first kappa shape index (κ1) is 30.6. The van der Waals surface area contributed by atoms with Gasteiger partial charge in [-0.3, -0.25) is 5.32 Å². The number of pyridine rings is 1. The zero-order valence-electron chi connectivity index (χ0n) is 23.0. The molecule has 1 aliphatic rings. The van der Waals surface area contributed by atoms with E-state index in [0.29, 0.717) is 18.9 Å². The van der Waals surface area contributed by atoms with Crippen LogP contribution in [0, 0.1) is 0 Å². The molecule has 1 aromatic carbocycles. The van der Waals surface area contributed by atoms with Crippen LogP contribution in [0.3, 0.4) is 0 Å². The number of amides is 1. The van der Waals surface area contributed by atoms with Crippen LogP contribution in [0.1, 0.15) is 70.6 Å². The molecule has 216 valence electrons. The van der Waals surface area contributed by atoms with Crippen LogP contribution in [-0.2, 0) is 22.3 Å². The lowest BCUT2D eigenvalue weighted by atomic mass is 10.2. The Hall–Kier alpha value is -3.93. The topological polar surface area (TPSA) is 109 Å². The zero-order valence-corrected chi connectivity index (χ0v) is 23.0.